The molecule has 10 heteroatoms. The van der Waals surface area contributed by atoms with Crippen LogP contribution in [0.4, 0.5) is 19.3 Å². The maximum atomic E-state index is 13.6. The monoisotopic (exact) mass is 534 g/mol. The first-order valence-electron chi connectivity index (χ1n) is 11.8. The number of rotatable bonds is 11. The minimum Gasteiger partial charge on any atom is -0.546 e. The largest absolute Gasteiger partial charge is 1.00 e. The number of carboxylic acids is 1. The van der Waals surface area contributed by atoms with E-state index in [0.717, 1.165) is 17.7 Å². The maximum Gasteiger partial charge on any atom is 1.00 e. The molecule has 0 saturated heterocycles. The van der Waals surface area contributed by atoms with Crippen molar-refractivity contribution in [2.75, 3.05) is 18.5 Å². The van der Waals surface area contributed by atoms with Crippen molar-refractivity contribution in [2.24, 2.45) is 0 Å². The van der Waals surface area contributed by atoms with Crippen molar-refractivity contribution in [3.05, 3.63) is 89.5 Å². The molecule has 196 valence electrons. The summed E-state index contributed by atoms with van der Waals surface area (Å²) in [6.45, 7) is 5.87. The Balaban J connectivity index is 0.00000507. The zero-order chi connectivity index (χ0) is 27.0. The minimum absolute atomic E-state index is 0. The number of hydrogen-bond donors (Lipinski definition) is 2. The summed E-state index contributed by atoms with van der Waals surface area (Å²) in [5.41, 5.74) is 0.103. The quantitative estimate of drug-likeness (QED) is 0.287. The number of amides is 2. The van der Waals surface area contributed by atoms with Crippen molar-refractivity contribution in [3.8, 4) is 11.5 Å². The van der Waals surface area contributed by atoms with Gasteiger partial charge in [-0.15, -0.1) is 0 Å². The number of carbonyl (C=O) groups excluding carboxylic acids is 2. The number of aliphatic carboxylic acids is 1. The van der Waals surface area contributed by atoms with E-state index >= 15 is 0 Å². The Labute approximate surface area is 242 Å². The fourth-order valence-corrected chi connectivity index (χ4v) is 3.51. The third-order valence-corrected chi connectivity index (χ3v) is 5.62. The first-order chi connectivity index (χ1) is 17.6. The van der Waals surface area contributed by atoms with Crippen molar-refractivity contribution in [1.29, 1.82) is 0 Å². The average Bonchev–Trinajstić information content (AvgIpc) is 2.85. The molecule has 3 rings (SSSR count). The predicted molar refractivity (Wildman–Crippen MR) is 134 cm³/mol. The van der Waals surface area contributed by atoms with Gasteiger partial charge in [0.05, 0.1) is 18.2 Å². The molecular weight excluding hydrogens is 505 g/mol. The van der Waals surface area contributed by atoms with E-state index in [1.54, 1.807) is 36.4 Å². The van der Waals surface area contributed by atoms with E-state index in [4.69, 9.17) is 9.47 Å². The van der Waals surface area contributed by atoms with Gasteiger partial charge in [0, 0.05) is 12.5 Å². The van der Waals surface area contributed by atoms with E-state index < -0.39 is 29.2 Å². The van der Waals surface area contributed by atoms with Gasteiger partial charge in [0.2, 0.25) is 0 Å². The summed E-state index contributed by atoms with van der Waals surface area (Å²) in [5.74, 6) is -1.65. The molecule has 2 N–H and O–H groups in total. The van der Waals surface area contributed by atoms with Crippen LogP contribution in [0.15, 0.2) is 66.7 Å². The Hall–Kier alpha value is -3.14. The smallest absolute Gasteiger partial charge is 0.546 e. The van der Waals surface area contributed by atoms with Crippen LogP contribution in [0, 0.1) is 11.6 Å². The molecule has 0 fully saturated rings. The number of carboxylic acid groups (broad SMARTS) is 1. The molecule has 7 nitrogen and oxygen atoms in total. The SMILES string of the molecule is CC(C)c1ccc(OC(C)(Cc2ccc(OCCNC(=O)Nc3ccc(F)cc3F)cc2)C(=O)[O-])cc1.[Na+]. The number of carbonyl (C=O) groups is 2. The molecule has 1 atom stereocenters. The van der Waals surface area contributed by atoms with Gasteiger partial charge in [0.1, 0.15) is 35.3 Å². The van der Waals surface area contributed by atoms with Gasteiger partial charge in [0.25, 0.3) is 0 Å². The van der Waals surface area contributed by atoms with Gasteiger partial charge in [-0.1, -0.05) is 38.1 Å². The van der Waals surface area contributed by atoms with Crippen molar-refractivity contribution in [2.45, 2.75) is 38.7 Å². The number of urea groups is 1. The third kappa shape index (κ3) is 9.01. The zero-order valence-electron chi connectivity index (χ0n) is 21.8. The molecule has 0 saturated carbocycles. The van der Waals surface area contributed by atoms with Gasteiger partial charge in [0.15, 0.2) is 0 Å². The summed E-state index contributed by atoms with van der Waals surface area (Å²) >= 11 is 0. The van der Waals surface area contributed by atoms with Crippen molar-refractivity contribution < 1.29 is 62.5 Å². The van der Waals surface area contributed by atoms with Crippen molar-refractivity contribution in [3.63, 3.8) is 0 Å². The standard InChI is InChI=1S/C28H30F2N2O5.Na/c1-18(2)20-6-11-23(12-7-20)37-28(3,26(33)34)17-19-4-9-22(10-5-19)36-15-14-31-27(35)32-25-13-8-21(29)16-24(25)30;/h4-13,16,18H,14-15,17H2,1-3H3,(H,33,34)(H2,31,32,35);/q;+1/p-1. The molecule has 0 heterocycles. The van der Waals surface area contributed by atoms with E-state index in [0.29, 0.717) is 29.0 Å². The van der Waals surface area contributed by atoms with Crippen molar-refractivity contribution in [1.82, 2.24) is 5.32 Å². The zero-order valence-corrected chi connectivity index (χ0v) is 23.8. The molecule has 2 amide bonds. The van der Waals surface area contributed by atoms with Gasteiger partial charge in [-0.25, -0.2) is 13.6 Å². The second-order valence-corrected chi connectivity index (χ2v) is 9.02. The number of nitrogens with one attached hydrogen (secondary N) is 2. The fraction of sp³-hybridized carbons (Fsp3) is 0.286. The first-order valence-corrected chi connectivity index (χ1v) is 11.8. The number of ether oxygens (including phenoxy) is 2. The second-order valence-electron chi connectivity index (χ2n) is 9.02. The summed E-state index contributed by atoms with van der Waals surface area (Å²) in [7, 11) is 0. The second kappa shape index (κ2) is 14.1. The van der Waals surface area contributed by atoms with E-state index in [2.05, 4.69) is 24.5 Å². The number of anilines is 1. The Bertz CT molecular complexity index is 1220. The molecule has 38 heavy (non-hydrogen) atoms. The van der Waals surface area contributed by atoms with Crippen LogP contribution in [-0.2, 0) is 11.2 Å². The minimum atomic E-state index is -1.58. The van der Waals surface area contributed by atoms with E-state index in [1.165, 1.54) is 6.92 Å². The van der Waals surface area contributed by atoms with Gasteiger partial charge < -0.3 is 30.0 Å². The molecule has 0 aliphatic rings. The molecule has 3 aromatic rings. The summed E-state index contributed by atoms with van der Waals surface area (Å²) < 4.78 is 37.9. The molecule has 3 aromatic carbocycles. The molecule has 1 unspecified atom stereocenters. The molecule has 0 aromatic heterocycles. The van der Waals surface area contributed by atoms with Crippen LogP contribution in [0.2, 0.25) is 0 Å². The van der Waals surface area contributed by atoms with Gasteiger partial charge in [-0.2, -0.15) is 0 Å². The number of benzene rings is 3. The summed E-state index contributed by atoms with van der Waals surface area (Å²) in [5, 5.41) is 16.7. The molecule has 0 spiro atoms. The van der Waals surface area contributed by atoms with Gasteiger partial charge in [-0.3, -0.25) is 0 Å². The van der Waals surface area contributed by atoms with E-state index in [9.17, 15) is 23.5 Å². The molecule has 0 bridgehead atoms. The average molecular weight is 535 g/mol. The van der Waals surface area contributed by atoms with Crippen LogP contribution in [0.25, 0.3) is 0 Å². The normalized spacial score (nSPS) is 12.2. The topological polar surface area (TPSA) is 99.7 Å². The van der Waals surface area contributed by atoms with Gasteiger partial charge >= 0.3 is 35.6 Å². The van der Waals surface area contributed by atoms with E-state index in [1.807, 2.05) is 12.1 Å². The Morgan fingerprint density at radius 2 is 1.61 bits per heavy atom. The predicted octanol–water partition coefficient (Wildman–Crippen LogP) is 1.42. The molecule has 0 aliphatic heterocycles. The van der Waals surface area contributed by atoms with Gasteiger partial charge in [-0.05, 0) is 60.4 Å². The molecular formula is C28H29F2N2NaO5. The Kier molecular flexibility index (Phi) is 11.6. The van der Waals surface area contributed by atoms with Crippen LogP contribution in [0.5, 0.6) is 11.5 Å². The van der Waals surface area contributed by atoms with Crippen molar-refractivity contribution >= 4 is 17.7 Å². The fourth-order valence-electron chi connectivity index (χ4n) is 3.51. The van der Waals surface area contributed by atoms with Crippen LogP contribution in [0.1, 0.15) is 37.8 Å². The van der Waals surface area contributed by atoms with Crippen LogP contribution in [0.3, 0.4) is 0 Å². The number of hydrogen-bond acceptors (Lipinski definition) is 5. The summed E-state index contributed by atoms with van der Waals surface area (Å²) in [6, 6.07) is 16.3. The summed E-state index contributed by atoms with van der Waals surface area (Å²) in [6.07, 6.45) is 0.0726. The van der Waals surface area contributed by atoms with Crippen LogP contribution < -0.4 is 54.8 Å². The van der Waals surface area contributed by atoms with E-state index in [-0.39, 0.29) is 54.8 Å². The molecule has 0 radical (unpaired) electrons. The third-order valence-electron chi connectivity index (χ3n) is 5.62. The van der Waals surface area contributed by atoms with Crippen LogP contribution >= 0.6 is 0 Å². The summed E-state index contributed by atoms with van der Waals surface area (Å²) in [4.78, 5) is 23.8. The van der Waals surface area contributed by atoms with Crippen LogP contribution in [-0.4, -0.2) is 30.8 Å². The Morgan fingerprint density at radius 3 is 2.18 bits per heavy atom. The molecule has 0 aliphatic carbocycles. The maximum absolute atomic E-state index is 13.6. The first kappa shape index (κ1) is 31.1. The number of halogens is 2. The Morgan fingerprint density at radius 1 is 0.974 bits per heavy atom.